The van der Waals surface area contributed by atoms with Crippen LogP contribution in [0.4, 0.5) is 0 Å². The van der Waals surface area contributed by atoms with Crippen LogP contribution in [0.5, 0.6) is 0 Å². The van der Waals surface area contributed by atoms with Crippen LogP contribution < -0.4 is 10.6 Å². The summed E-state index contributed by atoms with van der Waals surface area (Å²) in [6.45, 7) is 0. The smallest absolute Gasteiger partial charge is 0.272 e. The zero-order valence-electron chi connectivity index (χ0n) is 14.1. The average Bonchev–Trinajstić information content (AvgIpc) is 2.63. The summed E-state index contributed by atoms with van der Waals surface area (Å²) in [4.78, 5) is 24.4. The van der Waals surface area contributed by atoms with Gasteiger partial charge in [-0.1, -0.05) is 38.5 Å². The molecule has 1 aromatic rings. The molecular formula is C18H26N4O2. The molecule has 0 radical (unpaired) electrons. The van der Waals surface area contributed by atoms with E-state index in [9.17, 15) is 9.59 Å². The van der Waals surface area contributed by atoms with Gasteiger partial charge in [-0.2, -0.15) is 0 Å². The lowest BCUT2D eigenvalue weighted by molar-refractivity contribution is 0.0905. The topological polar surface area (TPSA) is 84.0 Å². The molecular weight excluding hydrogens is 304 g/mol. The molecule has 1 aromatic heterocycles. The number of nitrogens with zero attached hydrogens (tertiary/aromatic N) is 2. The van der Waals surface area contributed by atoms with E-state index in [4.69, 9.17) is 0 Å². The molecule has 2 N–H and O–H groups in total. The molecule has 2 aliphatic rings. The molecule has 1 heterocycles. The number of rotatable bonds is 4. The quantitative estimate of drug-likeness (QED) is 0.889. The molecule has 0 aromatic carbocycles. The third kappa shape index (κ3) is 4.52. The Morgan fingerprint density at radius 2 is 1.08 bits per heavy atom. The lowest BCUT2D eigenvalue weighted by atomic mass is 9.95. The maximum Gasteiger partial charge on any atom is 0.272 e. The summed E-state index contributed by atoms with van der Waals surface area (Å²) in [5.74, 6) is -0.401. The van der Waals surface area contributed by atoms with Crippen molar-refractivity contribution in [2.75, 3.05) is 0 Å². The number of amides is 2. The standard InChI is InChI=1S/C18H26N4O2/c23-17(19-13-7-3-1-4-8-13)15-11-12-16(22-21-15)18(24)20-14-9-5-2-6-10-14/h11-14H,1-10H2,(H,19,23)(H,20,24). The van der Waals surface area contributed by atoms with Crippen LogP contribution in [0.1, 0.15) is 85.2 Å². The molecule has 6 heteroatoms. The Balaban J connectivity index is 1.53. The zero-order chi connectivity index (χ0) is 16.8. The van der Waals surface area contributed by atoms with E-state index in [1.807, 2.05) is 0 Å². The summed E-state index contributed by atoms with van der Waals surface area (Å²) in [7, 11) is 0. The lowest BCUT2D eigenvalue weighted by Crippen LogP contribution is -2.37. The first kappa shape index (κ1) is 16.9. The predicted molar refractivity (Wildman–Crippen MR) is 90.7 cm³/mol. The summed E-state index contributed by atoms with van der Waals surface area (Å²) in [6.07, 6.45) is 11.3. The molecule has 0 bridgehead atoms. The second-order valence-corrected chi connectivity index (χ2v) is 6.92. The number of carbonyl (C=O) groups is 2. The highest BCUT2D eigenvalue weighted by molar-refractivity contribution is 5.94. The Morgan fingerprint density at radius 1 is 0.708 bits per heavy atom. The second kappa shape index (κ2) is 8.22. The van der Waals surface area contributed by atoms with Crippen molar-refractivity contribution in [3.8, 4) is 0 Å². The molecule has 0 unspecified atom stereocenters. The SMILES string of the molecule is O=C(NC1CCCCC1)c1ccc(C(=O)NC2CCCCC2)nn1. The van der Waals surface area contributed by atoms with E-state index in [0.717, 1.165) is 51.4 Å². The van der Waals surface area contributed by atoms with Gasteiger partial charge < -0.3 is 10.6 Å². The molecule has 6 nitrogen and oxygen atoms in total. The van der Waals surface area contributed by atoms with E-state index in [2.05, 4.69) is 20.8 Å². The van der Waals surface area contributed by atoms with Gasteiger partial charge in [-0.25, -0.2) is 0 Å². The van der Waals surface area contributed by atoms with Crippen LogP contribution in [-0.2, 0) is 0 Å². The zero-order valence-corrected chi connectivity index (χ0v) is 14.1. The maximum absolute atomic E-state index is 12.2. The second-order valence-electron chi connectivity index (χ2n) is 6.92. The monoisotopic (exact) mass is 330 g/mol. The summed E-state index contributed by atoms with van der Waals surface area (Å²) in [5.41, 5.74) is 0.546. The molecule has 130 valence electrons. The number of nitrogens with one attached hydrogen (secondary N) is 2. The van der Waals surface area contributed by atoms with E-state index < -0.39 is 0 Å². The predicted octanol–water partition coefficient (Wildman–Crippen LogP) is 2.60. The molecule has 24 heavy (non-hydrogen) atoms. The Hall–Kier alpha value is -1.98. The normalized spacial score (nSPS) is 19.7. The largest absolute Gasteiger partial charge is 0.348 e. The van der Waals surface area contributed by atoms with Crippen molar-refractivity contribution in [3.63, 3.8) is 0 Å². The van der Waals surface area contributed by atoms with Crippen molar-refractivity contribution in [2.24, 2.45) is 0 Å². The third-order valence-corrected chi connectivity index (χ3v) is 5.01. The molecule has 0 atom stereocenters. The summed E-state index contributed by atoms with van der Waals surface area (Å²) in [6, 6.07) is 3.65. The van der Waals surface area contributed by atoms with E-state index in [0.29, 0.717) is 0 Å². The summed E-state index contributed by atoms with van der Waals surface area (Å²) >= 11 is 0. The van der Waals surface area contributed by atoms with Crippen LogP contribution >= 0.6 is 0 Å². The van der Waals surface area contributed by atoms with E-state index >= 15 is 0 Å². The Morgan fingerprint density at radius 3 is 1.42 bits per heavy atom. The molecule has 3 rings (SSSR count). The highest BCUT2D eigenvalue weighted by Gasteiger charge is 2.20. The first-order chi connectivity index (χ1) is 11.7. The van der Waals surface area contributed by atoms with E-state index in [-0.39, 0.29) is 35.3 Å². The van der Waals surface area contributed by atoms with Crippen molar-refractivity contribution >= 4 is 11.8 Å². The van der Waals surface area contributed by atoms with Crippen molar-refractivity contribution in [2.45, 2.75) is 76.3 Å². The first-order valence-electron chi connectivity index (χ1n) is 9.18. The molecule has 0 spiro atoms. The number of hydrogen-bond donors (Lipinski definition) is 2. The highest BCUT2D eigenvalue weighted by atomic mass is 16.2. The van der Waals surface area contributed by atoms with Crippen molar-refractivity contribution in [1.29, 1.82) is 0 Å². The number of aromatic nitrogens is 2. The van der Waals surface area contributed by atoms with Crippen LogP contribution in [0, 0.1) is 0 Å². The molecule has 2 amide bonds. The van der Waals surface area contributed by atoms with Gasteiger partial charge in [-0.15, -0.1) is 10.2 Å². The van der Waals surface area contributed by atoms with Gasteiger partial charge in [-0.05, 0) is 37.8 Å². The Kier molecular flexibility index (Phi) is 5.77. The van der Waals surface area contributed by atoms with Gasteiger partial charge in [0.15, 0.2) is 11.4 Å². The van der Waals surface area contributed by atoms with Crippen LogP contribution in [0.25, 0.3) is 0 Å². The molecule has 2 saturated carbocycles. The van der Waals surface area contributed by atoms with Gasteiger partial charge in [0, 0.05) is 12.1 Å². The Bertz CT molecular complexity index is 510. The van der Waals surface area contributed by atoms with Gasteiger partial charge in [0.05, 0.1) is 0 Å². The molecule has 2 aliphatic carbocycles. The van der Waals surface area contributed by atoms with E-state index in [1.54, 1.807) is 12.1 Å². The molecule has 0 saturated heterocycles. The summed E-state index contributed by atoms with van der Waals surface area (Å²) in [5, 5.41) is 13.9. The van der Waals surface area contributed by atoms with Crippen LogP contribution in [-0.4, -0.2) is 34.1 Å². The summed E-state index contributed by atoms with van der Waals surface area (Å²) < 4.78 is 0. The minimum atomic E-state index is -0.200. The number of carbonyl (C=O) groups excluding carboxylic acids is 2. The van der Waals surface area contributed by atoms with Gasteiger partial charge in [0.2, 0.25) is 0 Å². The van der Waals surface area contributed by atoms with E-state index in [1.165, 1.54) is 12.8 Å². The number of hydrogen-bond acceptors (Lipinski definition) is 4. The third-order valence-electron chi connectivity index (χ3n) is 5.01. The average molecular weight is 330 g/mol. The minimum Gasteiger partial charge on any atom is -0.348 e. The van der Waals surface area contributed by atoms with Crippen LogP contribution in [0.15, 0.2) is 12.1 Å². The molecule has 0 aliphatic heterocycles. The van der Waals surface area contributed by atoms with Gasteiger partial charge in [0.1, 0.15) is 0 Å². The fourth-order valence-electron chi connectivity index (χ4n) is 3.59. The minimum absolute atomic E-state index is 0.200. The highest BCUT2D eigenvalue weighted by Crippen LogP contribution is 2.18. The molecule has 2 fully saturated rings. The van der Waals surface area contributed by atoms with Crippen molar-refractivity contribution in [3.05, 3.63) is 23.5 Å². The van der Waals surface area contributed by atoms with Gasteiger partial charge in [-0.3, -0.25) is 9.59 Å². The van der Waals surface area contributed by atoms with Gasteiger partial charge in [0.25, 0.3) is 11.8 Å². The fraction of sp³-hybridized carbons (Fsp3) is 0.667. The van der Waals surface area contributed by atoms with Crippen molar-refractivity contribution < 1.29 is 9.59 Å². The van der Waals surface area contributed by atoms with Crippen molar-refractivity contribution in [1.82, 2.24) is 20.8 Å². The Labute approximate surface area is 142 Å². The first-order valence-corrected chi connectivity index (χ1v) is 9.18. The fourth-order valence-corrected chi connectivity index (χ4v) is 3.59. The maximum atomic E-state index is 12.2. The lowest BCUT2D eigenvalue weighted by Gasteiger charge is -2.22. The van der Waals surface area contributed by atoms with Crippen LogP contribution in [0.2, 0.25) is 0 Å². The van der Waals surface area contributed by atoms with Gasteiger partial charge >= 0.3 is 0 Å². The van der Waals surface area contributed by atoms with Crippen LogP contribution in [0.3, 0.4) is 0 Å².